The molecule has 1 saturated heterocycles. The molecule has 2 atom stereocenters. The summed E-state index contributed by atoms with van der Waals surface area (Å²) in [5, 5.41) is 2.53. The number of fused-ring (bicyclic) bond motifs is 1. The number of hydrogen-bond acceptors (Lipinski definition) is 5. The van der Waals surface area contributed by atoms with Crippen molar-refractivity contribution in [1.29, 1.82) is 0 Å². The van der Waals surface area contributed by atoms with Gasteiger partial charge in [0.1, 0.15) is 12.4 Å². The zero-order valence-electron chi connectivity index (χ0n) is 14.5. The molecule has 1 fully saturated rings. The second kappa shape index (κ2) is 8.11. The number of carbonyl (C=O) groups is 4. The molecular weight excluding hydrogens is 355 g/mol. The summed E-state index contributed by atoms with van der Waals surface area (Å²) in [7, 11) is 0. The lowest BCUT2D eigenvalue weighted by Gasteiger charge is -2.14. The average molecular weight is 374 g/mol. The van der Waals surface area contributed by atoms with Crippen LogP contribution in [-0.2, 0) is 30.5 Å². The normalized spacial score (nSPS) is 21.1. The SMILES string of the molecule is O=C(COC(=O)CN1C(=O)[C@@H]2CC=CC[C@H]2C1=O)NCc1ccc(F)cc1. The van der Waals surface area contributed by atoms with Gasteiger partial charge < -0.3 is 10.1 Å². The third kappa shape index (κ3) is 4.39. The molecule has 7 nitrogen and oxygen atoms in total. The standard InChI is InChI=1S/C19H19FN2O5/c20-13-7-5-12(6-8-13)9-21-16(23)11-27-17(24)10-22-18(25)14-3-1-2-4-15(14)19(22)26/h1-2,5-8,14-15H,3-4,9-11H2,(H,21,23)/t14-,15-/m1/s1. The number of allylic oxidation sites excluding steroid dienone is 2. The van der Waals surface area contributed by atoms with Gasteiger partial charge in [-0.3, -0.25) is 24.1 Å². The molecule has 1 aromatic carbocycles. The minimum Gasteiger partial charge on any atom is -0.454 e. The largest absolute Gasteiger partial charge is 0.454 e. The van der Waals surface area contributed by atoms with E-state index in [1.165, 1.54) is 24.3 Å². The van der Waals surface area contributed by atoms with Crippen molar-refractivity contribution in [3.8, 4) is 0 Å². The van der Waals surface area contributed by atoms with E-state index in [4.69, 9.17) is 4.74 Å². The molecule has 0 saturated carbocycles. The molecule has 0 unspecified atom stereocenters. The van der Waals surface area contributed by atoms with E-state index in [-0.39, 0.29) is 24.2 Å². The van der Waals surface area contributed by atoms with Crippen LogP contribution in [0.5, 0.6) is 0 Å². The predicted octanol–water partition coefficient (Wildman–Crippen LogP) is 0.936. The Balaban J connectivity index is 1.43. The van der Waals surface area contributed by atoms with Crippen molar-refractivity contribution >= 4 is 23.7 Å². The summed E-state index contributed by atoms with van der Waals surface area (Å²) >= 11 is 0. The molecule has 8 heteroatoms. The van der Waals surface area contributed by atoms with Gasteiger partial charge >= 0.3 is 5.97 Å². The number of carbonyl (C=O) groups excluding carboxylic acids is 4. The highest BCUT2D eigenvalue weighted by Gasteiger charge is 2.47. The Morgan fingerprint density at radius 1 is 1.07 bits per heavy atom. The van der Waals surface area contributed by atoms with Gasteiger partial charge in [0, 0.05) is 6.54 Å². The molecule has 2 aliphatic rings. The first-order valence-corrected chi connectivity index (χ1v) is 8.62. The molecule has 0 aromatic heterocycles. The Hall–Kier alpha value is -3.03. The number of rotatable bonds is 6. The highest BCUT2D eigenvalue weighted by atomic mass is 19.1. The van der Waals surface area contributed by atoms with Crippen molar-refractivity contribution in [2.45, 2.75) is 19.4 Å². The van der Waals surface area contributed by atoms with Crippen molar-refractivity contribution in [1.82, 2.24) is 10.2 Å². The maximum Gasteiger partial charge on any atom is 0.326 e. The van der Waals surface area contributed by atoms with Crippen molar-refractivity contribution < 1.29 is 28.3 Å². The van der Waals surface area contributed by atoms with Gasteiger partial charge in [-0.25, -0.2) is 4.39 Å². The number of nitrogens with zero attached hydrogens (tertiary/aromatic N) is 1. The second-order valence-electron chi connectivity index (χ2n) is 6.48. The topological polar surface area (TPSA) is 92.8 Å². The van der Waals surface area contributed by atoms with Crippen molar-refractivity contribution in [3.63, 3.8) is 0 Å². The van der Waals surface area contributed by atoms with Crippen LogP contribution < -0.4 is 5.32 Å². The maximum atomic E-state index is 12.8. The van der Waals surface area contributed by atoms with Crippen LogP contribution in [0.3, 0.4) is 0 Å². The molecule has 27 heavy (non-hydrogen) atoms. The number of halogens is 1. The van der Waals surface area contributed by atoms with E-state index >= 15 is 0 Å². The first-order chi connectivity index (χ1) is 13.0. The van der Waals surface area contributed by atoms with Crippen LogP contribution in [-0.4, -0.2) is 41.7 Å². The Morgan fingerprint density at radius 3 is 2.26 bits per heavy atom. The summed E-state index contributed by atoms with van der Waals surface area (Å²) in [5.74, 6) is -3.28. The van der Waals surface area contributed by atoms with Gasteiger partial charge in [0.15, 0.2) is 6.61 Å². The number of nitrogens with one attached hydrogen (secondary N) is 1. The number of benzene rings is 1. The maximum absolute atomic E-state index is 12.8. The Morgan fingerprint density at radius 2 is 1.67 bits per heavy atom. The zero-order chi connectivity index (χ0) is 19.4. The molecule has 1 aliphatic carbocycles. The van der Waals surface area contributed by atoms with Crippen molar-refractivity contribution in [3.05, 3.63) is 47.8 Å². The van der Waals surface area contributed by atoms with Crippen LogP contribution in [0.2, 0.25) is 0 Å². The summed E-state index contributed by atoms with van der Waals surface area (Å²) in [6, 6.07) is 5.61. The quantitative estimate of drug-likeness (QED) is 0.454. The van der Waals surface area contributed by atoms with Gasteiger partial charge in [0.2, 0.25) is 11.8 Å². The fourth-order valence-corrected chi connectivity index (χ4v) is 3.20. The second-order valence-corrected chi connectivity index (χ2v) is 6.48. The van der Waals surface area contributed by atoms with Gasteiger partial charge in [-0.15, -0.1) is 0 Å². The number of esters is 1. The number of amides is 3. The highest BCUT2D eigenvalue weighted by Crippen LogP contribution is 2.34. The van der Waals surface area contributed by atoms with Crippen LogP contribution in [0.25, 0.3) is 0 Å². The van der Waals surface area contributed by atoms with Crippen LogP contribution >= 0.6 is 0 Å². The van der Waals surface area contributed by atoms with E-state index in [9.17, 15) is 23.6 Å². The van der Waals surface area contributed by atoms with Gasteiger partial charge in [-0.2, -0.15) is 0 Å². The first kappa shape index (κ1) is 18.8. The van der Waals surface area contributed by atoms with Gasteiger partial charge in [-0.05, 0) is 30.5 Å². The highest BCUT2D eigenvalue weighted by molar-refractivity contribution is 6.07. The summed E-state index contributed by atoms with van der Waals surface area (Å²) in [4.78, 5) is 49.1. The molecule has 0 spiro atoms. The smallest absolute Gasteiger partial charge is 0.326 e. The third-order valence-electron chi connectivity index (χ3n) is 4.65. The van der Waals surface area contributed by atoms with E-state index in [1.54, 1.807) is 0 Å². The molecule has 142 valence electrons. The van der Waals surface area contributed by atoms with E-state index < -0.39 is 36.9 Å². The monoisotopic (exact) mass is 374 g/mol. The summed E-state index contributed by atoms with van der Waals surface area (Å²) < 4.78 is 17.7. The fourth-order valence-electron chi connectivity index (χ4n) is 3.20. The van der Waals surface area contributed by atoms with E-state index in [0.717, 1.165) is 4.90 Å². The fraction of sp³-hybridized carbons (Fsp3) is 0.368. The minimum absolute atomic E-state index is 0.163. The van der Waals surface area contributed by atoms with Crippen molar-refractivity contribution in [2.24, 2.45) is 11.8 Å². The lowest BCUT2D eigenvalue weighted by atomic mass is 9.85. The molecule has 1 aromatic rings. The molecule has 3 amide bonds. The van der Waals surface area contributed by atoms with E-state index in [2.05, 4.69) is 5.32 Å². The first-order valence-electron chi connectivity index (χ1n) is 8.62. The molecular formula is C19H19FN2O5. The zero-order valence-corrected chi connectivity index (χ0v) is 14.5. The lowest BCUT2D eigenvalue weighted by Crippen LogP contribution is -2.38. The van der Waals surface area contributed by atoms with Gasteiger partial charge in [0.05, 0.1) is 11.8 Å². The Kier molecular flexibility index (Phi) is 5.63. The average Bonchev–Trinajstić information content (AvgIpc) is 2.91. The molecule has 0 radical (unpaired) electrons. The Labute approximate surface area is 155 Å². The Bertz CT molecular complexity index is 764. The summed E-state index contributed by atoms with van der Waals surface area (Å²) in [6.45, 7) is -0.851. The number of imide groups is 1. The summed E-state index contributed by atoms with van der Waals surface area (Å²) in [5.41, 5.74) is 0.695. The van der Waals surface area contributed by atoms with Crippen LogP contribution in [0.1, 0.15) is 18.4 Å². The molecule has 0 bridgehead atoms. The molecule has 3 rings (SSSR count). The van der Waals surface area contributed by atoms with E-state index in [0.29, 0.717) is 18.4 Å². The predicted molar refractivity (Wildman–Crippen MR) is 91.3 cm³/mol. The lowest BCUT2D eigenvalue weighted by molar-refractivity contribution is -0.154. The summed E-state index contributed by atoms with van der Waals surface area (Å²) in [6.07, 6.45) is 4.71. The molecule has 1 aliphatic heterocycles. The number of likely N-dealkylation sites (tertiary alicyclic amines) is 1. The van der Waals surface area contributed by atoms with Crippen LogP contribution in [0.15, 0.2) is 36.4 Å². The van der Waals surface area contributed by atoms with Gasteiger partial charge in [0.25, 0.3) is 5.91 Å². The molecule has 1 heterocycles. The van der Waals surface area contributed by atoms with Crippen molar-refractivity contribution in [2.75, 3.05) is 13.2 Å². The van der Waals surface area contributed by atoms with Crippen LogP contribution in [0, 0.1) is 17.7 Å². The number of ether oxygens (including phenoxy) is 1. The minimum atomic E-state index is -0.819. The van der Waals surface area contributed by atoms with Gasteiger partial charge in [-0.1, -0.05) is 24.3 Å². The molecule has 1 N–H and O–H groups in total. The number of hydrogen-bond donors (Lipinski definition) is 1. The van der Waals surface area contributed by atoms with E-state index in [1.807, 2.05) is 12.2 Å². The third-order valence-corrected chi connectivity index (χ3v) is 4.65. The van der Waals surface area contributed by atoms with Crippen LogP contribution in [0.4, 0.5) is 4.39 Å².